The Morgan fingerprint density at radius 3 is 2.27 bits per heavy atom. The van der Waals surface area contributed by atoms with Gasteiger partial charge in [-0.3, -0.25) is 0 Å². The van der Waals surface area contributed by atoms with Crippen LogP contribution in [0.15, 0.2) is 0 Å². The molecular weight excluding hydrogens is 276 g/mol. The lowest BCUT2D eigenvalue weighted by molar-refractivity contribution is 0.543. The Balaban J connectivity index is 1.89. The van der Waals surface area contributed by atoms with Gasteiger partial charge in [-0.1, -0.05) is 28.8 Å². The summed E-state index contributed by atoms with van der Waals surface area (Å²) in [5.41, 5.74) is 0.109. The van der Waals surface area contributed by atoms with Crippen LogP contribution in [0.3, 0.4) is 0 Å². The third-order valence-corrected chi connectivity index (χ3v) is 6.95. The van der Waals surface area contributed by atoms with Crippen molar-refractivity contribution in [2.24, 2.45) is 11.3 Å². The zero-order chi connectivity index (χ0) is 10.9. The smallest absolute Gasteiger partial charge is 0.151 e. The SMILES string of the molecule is O=S(=O)(CC1CCCC1)CC1(CBr)CC1. The van der Waals surface area contributed by atoms with Gasteiger partial charge in [-0.15, -0.1) is 0 Å². The van der Waals surface area contributed by atoms with Gasteiger partial charge in [0.2, 0.25) is 0 Å². The van der Waals surface area contributed by atoms with E-state index in [1.54, 1.807) is 0 Å². The van der Waals surface area contributed by atoms with Gasteiger partial charge in [0.25, 0.3) is 0 Å². The highest BCUT2D eigenvalue weighted by Gasteiger charge is 2.45. The number of alkyl halides is 1. The van der Waals surface area contributed by atoms with Gasteiger partial charge in [0.05, 0.1) is 11.5 Å². The highest BCUT2D eigenvalue weighted by Crippen LogP contribution is 2.48. The topological polar surface area (TPSA) is 34.1 Å². The van der Waals surface area contributed by atoms with Gasteiger partial charge in [-0.05, 0) is 37.0 Å². The second-order valence-electron chi connectivity index (χ2n) is 5.34. The third-order valence-electron chi connectivity index (χ3n) is 3.73. The fourth-order valence-electron chi connectivity index (χ4n) is 2.55. The average molecular weight is 295 g/mol. The minimum atomic E-state index is -2.80. The Morgan fingerprint density at radius 1 is 1.20 bits per heavy atom. The highest BCUT2D eigenvalue weighted by atomic mass is 79.9. The monoisotopic (exact) mass is 294 g/mol. The van der Waals surface area contributed by atoms with Gasteiger partial charge in [-0.2, -0.15) is 0 Å². The Labute approximate surface area is 101 Å². The molecule has 4 heteroatoms. The summed E-state index contributed by atoms with van der Waals surface area (Å²) < 4.78 is 24.0. The quantitative estimate of drug-likeness (QED) is 0.731. The first-order chi connectivity index (χ1) is 7.05. The summed E-state index contributed by atoms with van der Waals surface area (Å²) in [6, 6.07) is 0. The van der Waals surface area contributed by atoms with Crippen LogP contribution in [0, 0.1) is 11.3 Å². The van der Waals surface area contributed by atoms with Gasteiger partial charge in [-0.25, -0.2) is 8.42 Å². The Morgan fingerprint density at radius 2 is 1.80 bits per heavy atom. The molecule has 2 rings (SSSR count). The predicted molar refractivity (Wildman–Crippen MR) is 66.1 cm³/mol. The molecule has 0 bridgehead atoms. The molecule has 0 radical (unpaired) electrons. The molecule has 0 N–H and O–H groups in total. The van der Waals surface area contributed by atoms with Gasteiger partial charge < -0.3 is 0 Å². The Bertz CT molecular complexity index is 313. The van der Waals surface area contributed by atoms with E-state index in [-0.39, 0.29) is 5.41 Å². The minimum absolute atomic E-state index is 0.109. The van der Waals surface area contributed by atoms with E-state index in [1.807, 2.05) is 0 Å². The van der Waals surface area contributed by atoms with Crippen molar-refractivity contribution in [3.05, 3.63) is 0 Å². The van der Waals surface area contributed by atoms with E-state index in [9.17, 15) is 8.42 Å². The summed E-state index contributed by atoms with van der Waals surface area (Å²) in [5, 5.41) is 0.851. The number of rotatable bonds is 5. The summed E-state index contributed by atoms with van der Waals surface area (Å²) >= 11 is 3.43. The van der Waals surface area contributed by atoms with Crippen LogP contribution < -0.4 is 0 Å². The molecular formula is C11H19BrO2S. The van der Waals surface area contributed by atoms with E-state index >= 15 is 0 Å². The molecule has 0 aliphatic heterocycles. The molecule has 0 amide bonds. The number of sulfone groups is 1. The molecule has 2 nitrogen and oxygen atoms in total. The van der Waals surface area contributed by atoms with E-state index in [4.69, 9.17) is 0 Å². The van der Waals surface area contributed by atoms with Crippen LogP contribution in [0.25, 0.3) is 0 Å². The molecule has 2 saturated carbocycles. The third kappa shape index (κ3) is 3.19. The van der Waals surface area contributed by atoms with Crippen molar-refractivity contribution >= 4 is 25.8 Å². The lowest BCUT2D eigenvalue weighted by Crippen LogP contribution is -2.24. The first-order valence-corrected chi connectivity index (χ1v) is 8.76. The molecule has 0 saturated heterocycles. The van der Waals surface area contributed by atoms with Crippen molar-refractivity contribution in [3.8, 4) is 0 Å². The van der Waals surface area contributed by atoms with Crippen LogP contribution in [0.4, 0.5) is 0 Å². The lowest BCUT2D eigenvalue weighted by Gasteiger charge is -2.14. The summed E-state index contributed by atoms with van der Waals surface area (Å²) in [4.78, 5) is 0. The first-order valence-electron chi connectivity index (χ1n) is 5.82. The molecule has 2 aliphatic rings. The summed E-state index contributed by atoms with van der Waals surface area (Å²) in [5.74, 6) is 1.32. The number of halogens is 1. The molecule has 0 atom stereocenters. The zero-order valence-corrected chi connectivity index (χ0v) is 11.4. The maximum Gasteiger partial charge on any atom is 0.151 e. The highest BCUT2D eigenvalue weighted by molar-refractivity contribution is 9.09. The van der Waals surface area contributed by atoms with Gasteiger partial charge in [0.1, 0.15) is 0 Å². The van der Waals surface area contributed by atoms with E-state index in [0.29, 0.717) is 17.4 Å². The molecule has 0 heterocycles. The molecule has 0 aromatic carbocycles. The molecule has 0 unspecified atom stereocenters. The van der Waals surface area contributed by atoms with Gasteiger partial charge in [0, 0.05) is 5.33 Å². The first kappa shape index (κ1) is 11.9. The molecule has 0 spiro atoms. The van der Waals surface area contributed by atoms with Crippen LogP contribution in [0.1, 0.15) is 38.5 Å². The molecule has 0 aromatic heterocycles. The minimum Gasteiger partial charge on any atom is -0.229 e. The predicted octanol–water partition coefficient (Wildman–Crippen LogP) is 2.77. The van der Waals surface area contributed by atoms with Crippen molar-refractivity contribution in [1.82, 2.24) is 0 Å². The van der Waals surface area contributed by atoms with E-state index in [1.165, 1.54) is 12.8 Å². The number of hydrogen-bond acceptors (Lipinski definition) is 2. The van der Waals surface area contributed by atoms with E-state index in [0.717, 1.165) is 31.0 Å². The molecule has 88 valence electrons. The van der Waals surface area contributed by atoms with Crippen molar-refractivity contribution in [1.29, 1.82) is 0 Å². The maximum atomic E-state index is 12.0. The van der Waals surface area contributed by atoms with Crippen molar-refractivity contribution in [2.75, 3.05) is 16.8 Å². The van der Waals surface area contributed by atoms with Crippen LogP contribution >= 0.6 is 15.9 Å². The number of hydrogen-bond donors (Lipinski definition) is 0. The fourth-order valence-corrected chi connectivity index (χ4v) is 6.07. The van der Waals surface area contributed by atoms with Crippen molar-refractivity contribution in [3.63, 3.8) is 0 Å². The van der Waals surface area contributed by atoms with Crippen LogP contribution in [0.2, 0.25) is 0 Å². The molecule has 2 fully saturated rings. The van der Waals surface area contributed by atoms with Crippen molar-refractivity contribution < 1.29 is 8.42 Å². The van der Waals surface area contributed by atoms with Gasteiger partial charge >= 0.3 is 0 Å². The molecule has 2 aliphatic carbocycles. The van der Waals surface area contributed by atoms with E-state index in [2.05, 4.69) is 15.9 Å². The molecule has 0 aromatic rings. The molecule has 15 heavy (non-hydrogen) atoms. The zero-order valence-electron chi connectivity index (χ0n) is 9.04. The largest absolute Gasteiger partial charge is 0.229 e. The lowest BCUT2D eigenvalue weighted by atomic mass is 10.1. The Kier molecular flexibility index (Phi) is 3.46. The Hall–Kier alpha value is 0.430. The van der Waals surface area contributed by atoms with E-state index < -0.39 is 9.84 Å². The van der Waals surface area contributed by atoms with Crippen LogP contribution in [0.5, 0.6) is 0 Å². The van der Waals surface area contributed by atoms with Crippen LogP contribution in [-0.4, -0.2) is 25.3 Å². The normalized spacial score (nSPS) is 25.7. The van der Waals surface area contributed by atoms with Crippen LogP contribution in [-0.2, 0) is 9.84 Å². The van der Waals surface area contributed by atoms with Gasteiger partial charge in [0.15, 0.2) is 9.84 Å². The van der Waals surface area contributed by atoms with Crippen molar-refractivity contribution in [2.45, 2.75) is 38.5 Å². The standard InChI is InChI=1S/C11H19BrO2S/c12-8-11(5-6-11)9-15(13,14)7-10-3-1-2-4-10/h10H,1-9H2. The average Bonchev–Trinajstić information content (AvgIpc) is 2.72. The summed E-state index contributed by atoms with van der Waals surface area (Å²) in [6.07, 6.45) is 6.87. The second kappa shape index (κ2) is 4.36. The second-order valence-corrected chi connectivity index (χ2v) is 8.01. The summed E-state index contributed by atoms with van der Waals surface area (Å²) in [7, 11) is -2.80. The summed E-state index contributed by atoms with van der Waals surface area (Å²) in [6.45, 7) is 0. The fraction of sp³-hybridized carbons (Fsp3) is 1.00. The maximum absolute atomic E-state index is 12.0.